The zero-order valence-electron chi connectivity index (χ0n) is 11.5. The van der Waals surface area contributed by atoms with Crippen LogP contribution in [0.4, 0.5) is 0 Å². The Morgan fingerprint density at radius 1 is 1.40 bits per heavy atom. The average Bonchev–Trinajstić information content (AvgIpc) is 2.91. The molecule has 2 N–H and O–H groups in total. The van der Waals surface area contributed by atoms with Crippen LogP contribution in [0.15, 0.2) is 24.4 Å². The second-order valence-corrected chi connectivity index (χ2v) is 5.86. The van der Waals surface area contributed by atoms with Crippen molar-refractivity contribution in [3.05, 3.63) is 35.5 Å². The highest BCUT2D eigenvalue weighted by Crippen LogP contribution is 2.41. The number of nitrogens with one attached hydrogen (secondary N) is 2. The maximum absolute atomic E-state index is 11.8. The molecule has 0 amide bonds. The van der Waals surface area contributed by atoms with E-state index in [-0.39, 0.29) is 11.9 Å². The molecular formula is C16H18N2O2. The minimum atomic E-state index is -0.0945. The number of esters is 1. The second-order valence-electron chi connectivity index (χ2n) is 5.86. The molecule has 2 heterocycles. The summed E-state index contributed by atoms with van der Waals surface area (Å²) < 4.78 is 4.91. The first kappa shape index (κ1) is 12.0. The van der Waals surface area contributed by atoms with Gasteiger partial charge in [0, 0.05) is 35.6 Å². The molecule has 4 heteroatoms. The number of ether oxygens (including phenoxy) is 1. The number of benzene rings is 1. The van der Waals surface area contributed by atoms with Gasteiger partial charge < -0.3 is 15.0 Å². The van der Waals surface area contributed by atoms with Crippen molar-refractivity contribution >= 4 is 16.9 Å². The standard InChI is InChI=1S/C16H18N2O2/c1-20-16(19)10-5-12-11-3-2-4-13-15(11)9(7-17-13)6-14(12)18-8-10/h2-4,7,10,12,14,17-18H,5-6,8H2,1H3/t10-,12?,14+/m0/s1. The molecule has 4 nitrogen and oxygen atoms in total. The molecule has 0 saturated carbocycles. The van der Waals surface area contributed by atoms with Gasteiger partial charge in [-0.1, -0.05) is 12.1 Å². The van der Waals surface area contributed by atoms with E-state index in [1.165, 1.54) is 29.1 Å². The fourth-order valence-electron chi connectivity index (χ4n) is 3.89. The van der Waals surface area contributed by atoms with Crippen molar-refractivity contribution < 1.29 is 9.53 Å². The molecule has 1 aromatic carbocycles. The van der Waals surface area contributed by atoms with E-state index in [0.717, 1.165) is 19.4 Å². The van der Waals surface area contributed by atoms with Gasteiger partial charge in [0.1, 0.15) is 0 Å². The fraction of sp³-hybridized carbons (Fsp3) is 0.438. The summed E-state index contributed by atoms with van der Waals surface area (Å²) in [5.74, 6) is 0.278. The third kappa shape index (κ3) is 1.61. The lowest BCUT2D eigenvalue weighted by molar-refractivity contribution is -0.146. The number of hydrogen-bond acceptors (Lipinski definition) is 3. The van der Waals surface area contributed by atoms with E-state index < -0.39 is 0 Å². The number of aromatic nitrogens is 1. The van der Waals surface area contributed by atoms with Crippen LogP contribution in [0.3, 0.4) is 0 Å². The summed E-state index contributed by atoms with van der Waals surface area (Å²) in [6.45, 7) is 0.726. The first-order valence-corrected chi connectivity index (χ1v) is 7.18. The normalized spacial score (nSPS) is 28.1. The van der Waals surface area contributed by atoms with Crippen molar-refractivity contribution in [2.75, 3.05) is 13.7 Å². The summed E-state index contributed by atoms with van der Waals surface area (Å²) in [6, 6.07) is 6.86. The van der Waals surface area contributed by atoms with E-state index in [1.807, 2.05) is 0 Å². The van der Waals surface area contributed by atoms with Crippen molar-refractivity contribution in [3.63, 3.8) is 0 Å². The van der Waals surface area contributed by atoms with Crippen molar-refractivity contribution in [3.8, 4) is 0 Å². The molecule has 1 fully saturated rings. The summed E-state index contributed by atoms with van der Waals surface area (Å²) in [7, 11) is 1.47. The number of rotatable bonds is 1. The molecule has 1 saturated heterocycles. The Kier molecular flexibility index (Phi) is 2.60. The molecule has 2 aromatic rings. The zero-order chi connectivity index (χ0) is 13.7. The van der Waals surface area contributed by atoms with Crippen molar-refractivity contribution in [2.24, 2.45) is 5.92 Å². The highest BCUT2D eigenvalue weighted by Gasteiger charge is 2.38. The highest BCUT2D eigenvalue weighted by atomic mass is 16.5. The van der Waals surface area contributed by atoms with Gasteiger partial charge in [0.25, 0.3) is 0 Å². The Hall–Kier alpha value is -1.81. The molecule has 2 aliphatic rings. The lowest BCUT2D eigenvalue weighted by Gasteiger charge is -2.39. The maximum Gasteiger partial charge on any atom is 0.309 e. The number of H-pyrrole nitrogens is 1. The van der Waals surface area contributed by atoms with Gasteiger partial charge in [0.15, 0.2) is 0 Å². The molecule has 104 valence electrons. The summed E-state index contributed by atoms with van der Waals surface area (Å²) in [5.41, 5.74) is 3.97. The first-order valence-electron chi connectivity index (χ1n) is 7.18. The number of hydrogen-bond donors (Lipinski definition) is 2. The molecule has 0 radical (unpaired) electrons. The molecule has 1 unspecified atom stereocenters. The maximum atomic E-state index is 11.8. The third-order valence-corrected chi connectivity index (χ3v) is 4.84. The molecule has 0 bridgehead atoms. The number of fused-ring (bicyclic) bond motifs is 2. The van der Waals surface area contributed by atoms with Gasteiger partial charge in [-0.25, -0.2) is 0 Å². The molecule has 1 aliphatic carbocycles. The fourth-order valence-corrected chi connectivity index (χ4v) is 3.89. The Bertz CT molecular complexity index is 676. The predicted molar refractivity (Wildman–Crippen MR) is 76.7 cm³/mol. The Balaban J connectivity index is 1.76. The van der Waals surface area contributed by atoms with E-state index in [1.54, 1.807) is 0 Å². The van der Waals surface area contributed by atoms with E-state index in [9.17, 15) is 4.79 Å². The monoisotopic (exact) mass is 270 g/mol. The number of aromatic amines is 1. The molecular weight excluding hydrogens is 252 g/mol. The number of carbonyl (C=O) groups is 1. The van der Waals surface area contributed by atoms with Crippen LogP contribution in [0.5, 0.6) is 0 Å². The molecule has 4 rings (SSSR count). The van der Waals surface area contributed by atoms with Crippen LogP contribution in [-0.4, -0.2) is 30.6 Å². The second kappa shape index (κ2) is 4.35. The molecule has 3 atom stereocenters. The lowest BCUT2D eigenvalue weighted by atomic mass is 9.73. The quantitative estimate of drug-likeness (QED) is 0.779. The molecule has 1 aromatic heterocycles. The van der Waals surface area contributed by atoms with Crippen LogP contribution in [0.1, 0.15) is 23.5 Å². The summed E-state index contributed by atoms with van der Waals surface area (Å²) >= 11 is 0. The van der Waals surface area contributed by atoms with Crippen LogP contribution in [0.25, 0.3) is 10.9 Å². The minimum Gasteiger partial charge on any atom is -0.469 e. The third-order valence-electron chi connectivity index (χ3n) is 4.84. The predicted octanol–water partition coefficient (Wildman–Crippen LogP) is 1.96. The van der Waals surface area contributed by atoms with E-state index in [2.05, 4.69) is 34.7 Å². The summed E-state index contributed by atoms with van der Waals surface area (Å²) in [4.78, 5) is 15.2. The molecule has 20 heavy (non-hydrogen) atoms. The topological polar surface area (TPSA) is 54.1 Å². The van der Waals surface area contributed by atoms with Gasteiger partial charge in [-0.3, -0.25) is 4.79 Å². The highest BCUT2D eigenvalue weighted by molar-refractivity contribution is 5.88. The van der Waals surface area contributed by atoms with E-state index in [0.29, 0.717) is 12.0 Å². The zero-order valence-corrected chi connectivity index (χ0v) is 11.5. The Labute approximate surface area is 117 Å². The lowest BCUT2D eigenvalue weighted by Crippen LogP contribution is -2.48. The SMILES string of the molecule is COC(=O)[C@@H]1CN[C@@H]2Cc3c[nH]c4cccc(c34)C2C1. The largest absolute Gasteiger partial charge is 0.469 e. The minimum absolute atomic E-state index is 0.0306. The van der Waals surface area contributed by atoms with Crippen LogP contribution in [0.2, 0.25) is 0 Å². The van der Waals surface area contributed by atoms with Gasteiger partial charge in [-0.2, -0.15) is 0 Å². The summed E-state index contributed by atoms with van der Waals surface area (Å²) in [6.07, 6.45) is 4.04. The number of methoxy groups -OCH3 is 1. The van der Waals surface area contributed by atoms with Gasteiger partial charge >= 0.3 is 5.97 Å². The smallest absolute Gasteiger partial charge is 0.309 e. The first-order chi connectivity index (χ1) is 9.78. The van der Waals surface area contributed by atoms with Crippen molar-refractivity contribution in [1.29, 1.82) is 0 Å². The van der Waals surface area contributed by atoms with Crippen LogP contribution >= 0.6 is 0 Å². The van der Waals surface area contributed by atoms with Gasteiger partial charge in [0.05, 0.1) is 13.0 Å². The van der Waals surface area contributed by atoms with Crippen LogP contribution in [0, 0.1) is 5.92 Å². The number of carbonyl (C=O) groups excluding carboxylic acids is 1. The average molecular weight is 270 g/mol. The van der Waals surface area contributed by atoms with E-state index in [4.69, 9.17) is 4.74 Å². The molecule has 1 aliphatic heterocycles. The summed E-state index contributed by atoms with van der Waals surface area (Å²) in [5, 5.41) is 4.91. The van der Waals surface area contributed by atoms with Crippen molar-refractivity contribution in [1.82, 2.24) is 10.3 Å². The molecule has 0 spiro atoms. The van der Waals surface area contributed by atoms with Crippen LogP contribution < -0.4 is 5.32 Å². The van der Waals surface area contributed by atoms with Crippen LogP contribution in [-0.2, 0) is 16.0 Å². The van der Waals surface area contributed by atoms with Crippen molar-refractivity contribution in [2.45, 2.75) is 24.8 Å². The van der Waals surface area contributed by atoms with Gasteiger partial charge in [0.2, 0.25) is 0 Å². The van der Waals surface area contributed by atoms with Gasteiger partial charge in [-0.15, -0.1) is 0 Å². The number of piperidine rings is 1. The Morgan fingerprint density at radius 2 is 2.30 bits per heavy atom. The Morgan fingerprint density at radius 3 is 3.15 bits per heavy atom. The van der Waals surface area contributed by atoms with E-state index >= 15 is 0 Å². The van der Waals surface area contributed by atoms with Gasteiger partial charge in [-0.05, 0) is 30.0 Å².